The van der Waals surface area contributed by atoms with E-state index in [1.165, 1.54) is 17.0 Å². The number of rotatable bonds is 2. The number of nitrogen functional groups attached to an aromatic ring is 1. The van der Waals surface area contributed by atoms with Crippen molar-refractivity contribution in [2.75, 3.05) is 5.73 Å². The molecule has 6 heteroatoms. The zero-order valence-corrected chi connectivity index (χ0v) is 11.7. The van der Waals surface area contributed by atoms with Gasteiger partial charge in [0.15, 0.2) is 0 Å². The first-order valence-electron chi connectivity index (χ1n) is 7.19. The lowest BCUT2D eigenvalue weighted by molar-refractivity contribution is -0.132. The molecule has 1 spiro atoms. The normalized spacial score (nSPS) is 20.9. The summed E-state index contributed by atoms with van der Waals surface area (Å²) in [4.78, 5) is 25.9. The average Bonchev–Trinajstić information content (AvgIpc) is 2.63. The molecule has 5 nitrogen and oxygen atoms in total. The van der Waals surface area contributed by atoms with Crippen molar-refractivity contribution in [3.8, 4) is 0 Å². The molecule has 0 unspecified atom stereocenters. The van der Waals surface area contributed by atoms with Gasteiger partial charge in [-0.1, -0.05) is 19.3 Å². The minimum atomic E-state index is -0.742. The van der Waals surface area contributed by atoms with Crippen LogP contribution in [0.4, 0.5) is 14.9 Å². The van der Waals surface area contributed by atoms with Gasteiger partial charge in [-0.15, -0.1) is 0 Å². The summed E-state index contributed by atoms with van der Waals surface area (Å²) in [5.41, 5.74) is 5.65. The SMILES string of the molecule is Nc1cc(F)cc(CN2C(=O)NC3(CCCCC3)C2=O)c1. The minimum Gasteiger partial charge on any atom is -0.399 e. The van der Waals surface area contributed by atoms with Gasteiger partial charge in [0, 0.05) is 5.69 Å². The van der Waals surface area contributed by atoms with Crippen LogP contribution in [-0.4, -0.2) is 22.4 Å². The Labute approximate surface area is 122 Å². The maximum atomic E-state index is 13.4. The van der Waals surface area contributed by atoms with E-state index < -0.39 is 17.4 Å². The summed E-state index contributed by atoms with van der Waals surface area (Å²) in [6.07, 6.45) is 4.32. The quantitative estimate of drug-likeness (QED) is 0.647. The molecule has 2 fully saturated rings. The molecule has 1 saturated carbocycles. The highest BCUT2D eigenvalue weighted by Crippen LogP contribution is 2.34. The van der Waals surface area contributed by atoms with E-state index in [-0.39, 0.29) is 18.1 Å². The fraction of sp³-hybridized carbons (Fsp3) is 0.467. The molecule has 112 valence electrons. The summed E-state index contributed by atoms with van der Waals surface area (Å²) >= 11 is 0. The zero-order valence-electron chi connectivity index (χ0n) is 11.7. The third kappa shape index (κ3) is 2.46. The molecular weight excluding hydrogens is 273 g/mol. The van der Waals surface area contributed by atoms with E-state index in [0.717, 1.165) is 19.3 Å². The molecule has 1 heterocycles. The molecule has 0 radical (unpaired) electrons. The second-order valence-electron chi connectivity index (χ2n) is 5.86. The van der Waals surface area contributed by atoms with Crippen molar-refractivity contribution < 1.29 is 14.0 Å². The third-order valence-corrected chi connectivity index (χ3v) is 4.27. The van der Waals surface area contributed by atoms with E-state index in [9.17, 15) is 14.0 Å². The van der Waals surface area contributed by atoms with E-state index in [2.05, 4.69) is 5.32 Å². The topological polar surface area (TPSA) is 75.4 Å². The lowest BCUT2D eigenvalue weighted by Crippen LogP contribution is -2.48. The number of nitrogens with two attached hydrogens (primary N) is 1. The van der Waals surface area contributed by atoms with Crippen molar-refractivity contribution in [1.29, 1.82) is 0 Å². The van der Waals surface area contributed by atoms with E-state index >= 15 is 0 Å². The summed E-state index contributed by atoms with van der Waals surface area (Å²) in [7, 11) is 0. The number of anilines is 1. The number of amides is 3. The van der Waals surface area contributed by atoms with E-state index in [0.29, 0.717) is 18.4 Å². The van der Waals surface area contributed by atoms with Crippen LogP contribution in [0.3, 0.4) is 0 Å². The Morgan fingerprint density at radius 1 is 1.19 bits per heavy atom. The van der Waals surface area contributed by atoms with Gasteiger partial charge in [0.05, 0.1) is 6.54 Å². The van der Waals surface area contributed by atoms with Crippen molar-refractivity contribution in [3.05, 3.63) is 29.6 Å². The largest absolute Gasteiger partial charge is 0.399 e. The van der Waals surface area contributed by atoms with Crippen LogP contribution in [-0.2, 0) is 11.3 Å². The second-order valence-corrected chi connectivity index (χ2v) is 5.86. The molecule has 0 aromatic heterocycles. The van der Waals surface area contributed by atoms with Gasteiger partial charge in [0.2, 0.25) is 0 Å². The van der Waals surface area contributed by atoms with E-state index in [4.69, 9.17) is 5.73 Å². The number of hydrogen-bond acceptors (Lipinski definition) is 3. The summed E-state index contributed by atoms with van der Waals surface area (Å²) < 4.78 is 13.4. The third-order valence-electron chi connectivity index (χ3n) is 4.27. The van der Waals surface area contributed by atoms with Crippen LogP contribution in [0.5, 0.6) is 0 Å². The number of hydrogen-bond donors (Lipinski definition) is 2. The molecule has 3 amide bonds. The molecular formula is C15H18FN3O2. The molecule has 0 bridgehead atoms. The van der Waals surface area contributed by atoms with Gasteiger partial charge in [-0.25, -0.2) is 9.18 Å². The Bertz CT molecular complexity index is 576. The molecule has 1 aliphatic heterocycles. The Morgan fingerprint density at radius 2 is 1.90 bits per heavy atom. The second kappa shape index (κ2) is 5.02. The first kappa shape index (κ1) is 13.9. The monoisotopic (exact) mass is 291 g/mol. The van der Waals surface area contributed by atoms with Crippen molar-refractivity contribution in [1.82, 2.24) is 10.2 Å². The summed E-state index contributed by atoms with van der Waals surface area (Å²) in [6, 6.07) is 3.68. The van der Waals surface area contributed by atoms with Crippen molar-refractivity contribution in [2.45, 2.75) is 44.2 Å². The highest BCUT2D eigenvalue weighted by Gasteiger charge is 2.51. The van der Waals surface area contributed by atoms with Crippen LogP contribution >= 0.6 is 0 Å². The molecule has 1 aromatic rings. The van der Waals surface area contributed by atoms with Crippen molar-refractivity contribution >= 4 is 17.6 Å². The molecule has 0 atom stereocenters. The average molecular weight is 291 g/mol. The van der Waals surface area contributed by atoms with Gasteiger partial charge in [-0.05, 0) is 36.6 Å². The molecule has 1 aliphatic carbocycles. The smallest absolute Gasteiger partial charge is 0.325 e. The van der Waals surface area contributed by atoms with Gasteiger partial charge in [0.25, 0.3) is 5.91 Å². The van der Waals surface area contributed by atoms with Crippen LogP contribution in [0.25, 0.3) is 0 Å². The number of urea groups is 1. The summed E-state index contributed by atoms with van der Waals surface area (Å²) in [5, 5.41) is 2.83. The standard InChI is InChI=1S/C15H18FN3O2/c16-11-6-10(7-12(17)8-11)9-19-13(20)15(18-14(19)21)4-2-1-3-5-15/h6-8H,1-5,9,17H2,(H,18,21). The number of halogens is 1. The molecule has 3 rings (SSSR count). The Balaban J connectivity index is 1.82. The highest BCUT2D eigenvalue weighted by molar-refractivity contribution is 6.07. The first-order valence-corrected chi connectivity index (χ1v) is 7.19. The predicted molar refractivity (Wildman–Crippen MR) is 75.7 cm³/mol. The maximum Gasteiger partial charge on any atom is 0.325 e. The van der Waals surface area contributed by atoms with Crippen LogP contribution in [0.2, 0.25) is 0 Å². The van der Waals surface area contributed by atoms with Crippen LogP contribution in [0, 0.1) is 5.82 Å². The highest BCUT2D eigenvalue weighted by atomic mass is 19.1. The van der Waals surface area contributed by atoms with Gasteiger partial charge >= 0.3 is 6.03 Å². The van der Waals surface area contributed by atoms with Crippen LogP contribution < -0.4 is 11.1 Å². The molecule has 3 N–H and O–H groups in total. The molecule has 21 heavy (non-hydrogen) atoms. The fourth-order valence-electron chi connectivity index (χ4n) is 3.26. The lowest BCUT2D eigenvalue weighted by Gasteiger charge is -2.30. The van der Waals surface area contributed by atoms with Crippen LogP contribution in [0.15, 0.2) is 18.2 Å². The van der Waals surface area contributed by atoms with E-state index in [1.807, 2.05) is 0 Å². The van der Waals surface area contributed by atoms with Gasteiger partial charge in [-0.2, -0.15) is 0 Å². The summed E-state index contributed by atoms with van der Waals surface area (Å²) in [5.74, 6) is -0.667. The Hall–Kier alpha value is -2.11. The Morgan fingerprint density at radius 3 is 2.57 bits per heavy atom. The Kier molecular flexibility index (Phi) is 3.31. The van der Waals surface area contributed by atoms with Crippen molar-refractivity contribution in [2.24, 2.45) is 0 Å². The number of nitrogens with zero attached hydrogens (tertiary/aromatic N) is 1. The summed E-state index contributed by atoms with van der Waals surface area (Å²) in [6.45, 7) is 0.0500. The lowest BCUT2D eigenvalue weighted by atomic mass is 9.82. The van der Waals surface area contributed by atoms with Crippen molar-refractivity contribution in [3.63, 3.8) is 0 Å². The zero-order chi connectivity index (χ0) is 15.0. The molecule has 2 aliphatic rings. The van der Waals surface area contributed by atoms with E-state index in [1.54, 1.807) is 6.07 Å². The molecule has 1 aromatic carbocycles. The van der Waals surface area contributed by atoms with Gasteiger partial charge in [-0.3, -0.25) is 9.69 Å². The van der Waals surface area contributed by atoms with Gasteiger partial charge in [0.1, 0.15) is 11.4 Å². The first-order chi connectivity index (χ1) is 10.00. The number of imide groups is 1. The number of benzene rings is 1. The minimum absolute atomic E-state index is 0.0500. The fourth-order valence-corrected chi connectivity index (χ4v) is 3.26. The maximum absolute atomic E-state index is 13.4. The predicted octanol–water partition coefficient (Wildman–Crippen LogP) is 2.16. The molecule has 1 saturated heterocycles. The van der Waals surface area contributed by atoms with Gasteiger partial charge < -0.3 is 11.1 Å². The number of carbonyl (C=O) groups excluding carboxylic acids is 2. The number of carbonyl (C=O) groups is 2. The van der Waals surface area contributed by atoms with Crippen LogP contribution in [0.1, 0.15) is 37.7 Å². The number of nitrogens with one attached hydrogen (secondary N) is 1.